The molecule has 0 aromatic heterocycles. The Morgan fingerprint density at radius 2 is 2.12 bits per heavy atom. The first-order valence-electron chi connectivity index (χ1n) is 7.50. The van der Waals surface area contributed by atoms with Gasteiger partial charge in [0.25, 0.3) is 0 Å². The Hall–Kier alpha value is -2.05. The Labute approximate surface area is 144 Å². The van der Waals surface area contributed by atoms with Crippen molar-refractivity contribution in [3.63, 3.8) is 0 Å². The van der Waals surface area contributed by atoms with Gasteiger partial charge in [0.2, 0.25) is 15.9 Å². The predicted octanol–water partition coefficient (Wildman–Crippen LogP) is 1.60. The third-order valence-corrected chi connectivity index (χ3v) is 4.99. The summed E-state index contributed by atoms with van der Waals surface area (Å²) in [7, 11) is -3.46. The molecule has 1 fully saturated rings. The molecule has 1 N–H and O–H groups in total. The molecule has 1 atom stereocenters. The molecule has 1 amide bonds. The zero-order valence-electron chi connectivity index (χ0n) is 13.4. The molecule has 1 unspecified atom stereocenters. The minimum absolute atomic E-state index is 0.0802. The average molecular weight is 374 g/mol. The van der Waals surface area contributed by atoms with Gasteiger partial charge in [-0.3, -0.25) is 4.79 Å². The van der Waals surface area contributed by atoms with Crippen molar-refractivity contribution in [3.05, 3.63) is 35.4 Å². The molecular weight excluding hydrogens is 357 g/mol. The van der Waals surface area contributed by atoms with Gasteiger partial charge in [0.15, 0.2) is 0 Å². The van der Waals surface area contributed by atoms with Gasteiger partial charge in [-0.1, -0.05) is 17.9 Å². The minimum atomic E-state index is -4.44. The van der Waals surface area contributed by atoms with Crippen LogP contribution in [0.1, 0.15) is 24.0 Å². The van der Waals surface area contributed by atoms with Gasteiger partial charge < -0.3 is 5.32 Å². The Morgan fingerprint density at radius 3 is 2.76 bits per heavy atom. The molecule has 25 heavy (non-hydrogen) atoms. The standard InChI is InChI=1S/C16H17F3N2O3S/c1-25(23,24)21-10-4-8-14(21)15(22)20-9-3-6-12-5-2-7-13(11-12)16(17,18)19/h2,5,7,11,14H,4,8-10H2,1H3,(H,20,22). The van der Waals surface area contributed by atoms with Gasteiger partial charge in [0, 0.05) is 12.1 Å². The SMILES string of the molecule is CS(=O)(=O)N1CCCC1C(=O)NCC#Cc1cccc(C(F)(F)F)c1. The van der Waals surface area contributed by atoms with Crippen molar-refractivity contribution in [1.82, 2.24) is 9.62 Å². The lowest BCUT2D eigenvalue weighted by Gasteiger charge is -2.20. The second-order valence-corrected chi connectivity index (χ2v) is 7.56. The van der Waals surface area contributed by atoms with Crippen molar-refractivity contribution in [2.45, 2.75) is 25.1 Å². The Morgan fingerprint density at radius 1 is 1.40 bits per heavy atom. The van der Waals surface area contributed by atoms with Crippen LogP contribution >= 0.6 is 0 Å². The zero-order valence-corrected chi connectivity index (χ0v) is 14.2. The van der Waals surface area contributed by atoms with Crippen LogP contribution < -0.4 is 5.32 Å². The van der Waals surface area contributed by atoms with E-state index < -0.39 is 33.7 Å². The molecule has 0 spiro atoms. The molecule has 1 aliphatic rings. The quantitative estimate of drug-likeness (QED) is 0.818. The van der Waals surface area contributed by atoms with Crippen LogP contribution in [-0.4, -0.2) is 44.0 Å². The number of rotatable bonds is 3. The molecule has 1 saturated heterocycles. The smallest absolute Gasteiger partial charge is 0.344 e. The fourth-order valence-corrected chi connectivity index (χ4v) is 3.69. The van der Waals surface area contributed by atoms with Crippen LogP contribution in [0.5, 0.6) is 0 Å². The Bertz CT molecular complexity index is 810. The summed E-state index contributed by atoms with van der Waals surface area (Å²) in [6.45, 7) is 0.218. The van der Waals surface area contributed by atoms with E-state index in [2.05, 4.69) is 17.2 Å². The molecule has 1 aliphatic heterocycles. The van der Waals surface area contributed by atoms with Crippen LogP contribution in [0.3, 0.4) is 0 Å². The summed E-state index contributed by atoms with van der Waals surface area (Å²) >= 11 is 0. The number of alkyl halides is 3. The van der Waals surface area contributed by atoms with Crippen LogP contribution in [-0.2, 0) is 21.0 Å². The van der Waals surface area contributed by atoms with Gasteiger partial charge in [-0.2, -0.15) is 17.5 Å². The molecule has 1 heterocycles. The maximum absolute atomic E-state index is 12.6. The normalized spacial score (nSPS) is 18.5. The van der Waals surface area contributed by atoms with Crippen molar-refractivity contribution in [2.24, 2.45) is 0 Å². The maximum atomic E-state index is 12.6. The molecule has 2 rings (SSSR count). The Balaban J connectivity index is 1.96. The van der Waals surface area contributed by atoms with Crippen molar-refractivity contribution in [2.75, 3.05) is 19.3 Å². The molecule has 0 aliphatic carbocycles. The number of nitrogens with zero attached hydrogens (tertiary/aromatic N) is 1. The first kappa shape index (κ1) is 19.3. The third kappa shape index (κ3) is 5.21. The summed E-state index contributed by atoms with van der Waals surface area (Å²) in [5.41, 5.74) is -0.610. The summed E-state index contributed by atoms with van der Waals surface area (Å²) in [6, 6.07) is 3.81. The second kappa shape index (κ2) is 7.45. The van der Waals surface area contributed by atoms with Crippen LogP contribution in [0.2, 0.25) is 0 Å². The maximum Gasteiger partial charge on any atom is 0.416 e. The van der Waals surface area contributed by atoms with Crippen LogP contribution in [0.4, 0.5) is 13.2 Å². The van der Waals surface area contributed by atoms with Gasteiger partial charge in [0.1, 0.15) is 6.04 Å². The highest BCUT2D eigenvalue weighted by Gasteiger charge is 2.36. The van der Waals surface area contributed by atoms with Crippen LogP contribution in [0, 0.1) is 11.8 Å². The summed E-state index contributed by atoms with van der Waals surface area (Å²) in [6.07, 6.45) is -2.36. The molecule has 0 radical (unpaired) electrons. The van der Waals surface area contributed by atoms with Crippen LogP contribution in [0.15, 0.2) is 24.3 Å². The van der Waals surface area contributed by atoms with E-state index in [1.807, 2.05) is 0 Å². The lowest BCUT2D eigenvalue weighted by molar-refractivity contribution is -0.137. The Kier molecular flexibility index (Phi) is 5.75. The van der Waals surface area contributed by atoms with Gasteiger partial charge in [-0.05, 0) is 31.0 Å². The lowest BCUT2D eigenvalue weighted by atomic mass is 10.1. The van der Waals surface area contributed by atoms with Crippen molar-refractivity contribution in [3.8, 4) is 11.8 Å². The first-order valence-corrected chi connectivity index (χ1v) is 9.34. The summed E-state index contributed by atoms with van der Waals surface area (Å²) < 4.78 is 62.2. The van der Waals surface area contributed by atoms with E-state index in [1.54, 1.807) is 0 Å². The van der Waals surface area contributed by atoms with Gasteiger partial charge in [-0.15, -0.1) is 0 Å². The van der Waals surface area contributed by atoms with Gasteiger partial charge >= 0.3 is 6.18 Å². The van der Waals surface area contributed by atoms with E-state index >= 15 is 0 Å². The van der Waals surface area contributed by atoms with E-state index in [-0.39, 0.29) is 12.1 Å². The number of hydrogen-bond acceptors (Lipinski definition) is 3. The molecule has 0 bridgehead atoms. The second-order valence-electron chi connectivity index (χ2n) is 5.63. The number of amides is 1. The number of halogens is 3. The molecule has 136 valence electrons. The van der Waals surface area contributed by atoms with E-state index in [4.69, 9.17) is 0 Å². The summed E-state index contributed by atoms with van der Waals surface area (Å²) in [5, 5.41) is 2.50. The molecule has 1 aromatic rings. The highest BCUT2D eigenvalue weighted by molar-refractivity contribution is 7.88. The molecule has 9 heteroatoms. The first-order chi connectivity index (χ1) is 11.6. The predicted molar refractivity (Wildman–Crippen MR) is 85.9 cm³/mol. The van der Waals surface area contributed by atoms with Crippen molar-refractivity contribution >= 4 is 15.9 Å². The number of sulfonamides is 1. The number of carbonyl (C=O) groups excluding carboxylic acids is 1. The largest absolute Gasteiger partial charge is 0.416 e. The highest BCUT2D eigenvalue weighted by atomic mass is 32.2. The van der Waals surface area contributed by atoms with Crippen LogP contribution in [0.25, 0.3) is 0 Å². The van der Waals surface area contributed by atoms with E-state index in [0.29, 0.717) is 19.4 Å². The summed E-state index contributed by atoms with van der Waals surface area (Å²) in [5.74, 6) is 4.66. The molecule has 1 aromatic carbocycles. The fourth-order valence-electron chi connectivity index (χ4n) is 2.57. The van der Waals surface area contributed by atoms with E-state index in [0.717, 1.165) is 22.7 Å². The van der Waals surface area contributed by atoms with Crippen molar-refractivity contribution < 1.29 is 26.4 Å². The fraction of sp³-hybridized carbons (Fsp3) is 0.438. The van der Waals surface area contributed by atoms with E-state index in [9.17, 15) is 26.4 Å². The number of hydrogen-bond donors (Lipinski definition) is 1. The van der Waals surface area contributed by atoms with Crippen molar-refractivity contribution in [1.29, 1.82) is 0 Å². The molecule has 5 nitrogen and oxygen atoms in total. The topological polar surface area (TPSA) is 66.5 Å². The molecule has 0 saturated carbocycles. The third-order valence-electron chi connectivity index (χ3n) is 3.71. The van der Waals surface area contributed by atoms with Gasteiger partial charge in [-0.25, -0.2) is 8.42 Å². The highest BCUT2D eigenvalue weighted by Crippen LogP contribution is 2.29. The lowest BCUT2D eigenvalue weighted by Crippen LogP contribution is -2.45. The average Bonchev–Trinajstić information content (AvgIpc) is 3.01. The number of nitrogens with one attached hydrogen (secondary N) is 1. The number of benzene rings is 1. The summed E-state index contributed by atoms with van der Waals surface area (Å²) in [4.78, 5) is 12.1. The monoisotopic (exact) mass is 374 g/mol. The minimum Gasteiger partial charge on any atom is -0.344 e. The number of carbonyl (C=O) groups is 1. The molecular formula is C16H17F3N2O3S. The van der Waals surface area contributed by atoms with E-state index in [1.165, 1.54) is 12.1 Å². The van der Waals surface area contributed by atoms with Gasteiger partial charge in [0.05, 0.1) is 18.4 Å². The zero-order chi connectivity index (χ0) is 18.7.